The summed E-state index contributed by atoms with van der Waals surface area (Å²) in [6.07, 6.45) is 3.65. The number of hydrogen-bond donors (Lipinski definition) is 12. The van der Waals surface area contributed by atoms with Crippen LogP contribution in [-0.4, -0.2) is 101 Å². The van der Waals surface area contributed by atoms with E-state index in [1.165, 1.54) is 0 Å². The molecule has 0 bridgehead atoms. The van der Waals surface area contributed by atoms with Crippen molar-refractivity contribution in [2.75, 3.05) is 39.3 Å². The topological polar surface area (TPSA) is 230 Å². The fraction of sp³-hybridized carbons (Fsp3) is 0.354. The number of amides is 1. The standard InChI is InChI=1S/C48H63N7O6/c49-38(23-33-1-11-43(56)12-2-33)28-52-40(25-35-5-15-45(58)16-6-35)30-54-42(27-37-9-19-47(60)20-10-37)32-55-41(26-36-7-17-46(59)18-8-36)31-53-39(29-51-22-21-48(50)61)24-34-3-13-44(57)14-4-34/h1-20,38-42,51-60H,21-32,49H2,(H2,50,61)/t38-,39-,40-,41-,42-/m0/s1. The molecule has 1 amide bonds. The third kappa shape index (κ3) is 17.8. The number of benzene rings is 5. The largest absolute Gasteiger partial charge is 0.508 e. The van der Waals surface area contributed by atoms with Gasteiger partial charge >= 0.3 is 0 Å². The quantitative estimate of drug-likeness (QED) is 0.0342. The molecule has 5 atom stereocenters. The highest BCUT2D eigenvalue weighted by molar-refractivity contribution is 5.73. The molecule has 14 N–H and O–H groups in total. The van der Waals surface area contributed by atoms with Gasteiger partial charge in [-0.2, -0.15) is 0 Å². The predicted molar refractivity (Wildman–Crippen MR) is 241 cm³/mol. The molecule has 0 fully saturated rings. The van der Waals surface area contributed by atoms with Crippen LogP contribution in [0.5, 0.6) is 28.7 Å². The van der Waals surface area contributed by atoms with E-state index in [1.807, 2.05) is 60.7 Å². The van der Waals surface area contributed by atoms with Gasteiger partial charge in [0.1, 0.15) is 28.7 Å². The van der Waals surface area contributed by atoms with Crippen molar-refractivity contribution < 1.29 is 30.3 Å². The van der Waals surface area contributed by atoms with Crippen LogP contribution in [0.25, 0.3) is 0 Å². The third-order valence-electron chi connectivity index (χ3n) is 10.7. The van der Waals surface area contributed by atoms with Gasteiger partial charge in [-0.15, -0.1) is 0 Å². The summed E-state index contributed by atoms with van der Waals surface area (Å²) >= 11 is 0. The molecule has 5 aromatic carbocycles. The Morgan fingerprint density at radius 3 is 0.967 bits per heavy atom. The minimum atomic E-state index is -0.360. The highest BCUT2D eigenvalue weighted by atomic mass is 16.3. The summed E-state index contributed by atoms with van der Waals surface area (Å²) in [4.78, 5) is 11.4. The van der Waals surface area contributed by atoms with Crippen molar-refractivity contribution in [1.82, 2.24) is 26.6 Å². The molecule has 0 aromatic heterocycles. The predicted octanol–water partition coefficient (Wildman–Crippen LogP) is 3.35. The minimum absolute atomic E-state index is 0.000371. The maximum atomic E-state index is 11.4. The molecule has 13 nitrogen and oxygen atoms in total. The number of rotatable bonds is 27. The molecule has 0 saturated carbocycles. The van der Waals surface area contributed by atoms with Gasteiger partial charge < -0.3 is 63.6 Å². The molecule has 0 spiro atoms. The van der Waals surface area contributed by atoms with E-state index in [2.05, 4.69) is 26.6 Å². The smallest absolute Gasteiger partial charge is 0.218 e. The second kappa shape index (κ2) is 24.6. The summed E-state index contributed by atoms with van der Waals surface area (Å²) < 4.78 is 0. The summed E-state index contributed by atoms with van der Waals surface area (Å²) in [6, 6.07) is 35.9. The van der Waals surface area contributed by atoms with Crippen LogP contribution in [0.2, 0.25) is 0 Å². The van der Waals surface area contributed by atoms with Crippen molar-refractivity contribution in [2.45, 2.75) is 68.7 Å². The first-order valence-electron chi connectivity index (χ1n) is 21.0. The number of carbonyl (C=O) groups is 1. The van der Waals surface area contributed by atoms with Crippen LogP contribution in [0.15, 0.2) is 121 Å². The normalized spacial score (nSPS) is 13.9. The van der Waals surface area contributed by atoms with Gasteiger partial charge in [-0.25, -0.2) is 0 Å². The van der Waals surface area contributed by atoms with E-state index in [4.69, 9.17) is 11.5 Å². The lowest BCUT2D eigenvalue weighted by Gasteiger charge is -2.29. The molecule has 326 valence electrons. The van der Waals surface area contributed by atoms with Crippen molar-refractivity contribution in [3.63, 3.8) is 0 Å². The van der Waals surface area contributed by atoms with E-state index in [9.17, 15) is 30.3 Å². The molecule has 0 unspecified atom stereocenters. The van der Waals surface area contributed by atoms with Gasteiger partial charge in [0.15, 0.2) is 0 Å². The molecule has 0 aliphatic rings. The van der Waals surface area contributed by atoms with Crippen molar-refractivity contribution >= 4 is 5.91 Å². The van der Waals surface area contributed by atoms with Crippen LogP contribution in [0.3, 0.4) is 0 Å². The van der Waals surface area contributed by atoms with Gasteiger partial charge in [-0.05, 0) is 121 Å². The van der Waals surface area contributed by atoms with Crippen LogP contribution in [-0.2, 0) is 36.9 Å². The Balaban J connectivity index is 1.30. The Labute approximate surface area is 359 Å². The number of hydrogen-bond acceptors (Lipinski definition) is 12. The van der Waals surface area contributed by atoms with Crippen LogP contribution in [0.4, 0.5) is 0 Å². The maximum Gasteiger partial charge on any atom is 0.218 e. The van der Waals surface area contributed by atoms with Crippen molar-refractivity contribution in [3.8, 4) is 28.7 Å². The van der Waals surface area contributed by atoms with Crippen molar-refractivity contribution in [1.29, 1.82) is 0 Å². The van der Waals surface area contributed by atoms with Crippen molar-refractivity contribution in [2.24, 2.45) is 11.5 Å². The first-order valence-corrected chi connectivity index (χ1v) is 21.0. The Morgan fingerprint density at radius 2 is 0.672 bits per heavy atom. The Hall–Kier alpha value is -5.67. The Bertz CT molecular complexity index is 2000. The van der Waals surface area contributed by atoms with E-state index < -0.39 is 0 Å². The molecule has 0 heterocycles. The molecule has 13 heteroatoms. The van der Waals surface area contributed by atoms with E-state index in [1.54, 1.807) is 60.7 Å². The van der Waals surface area contributed by atoms with E-state index in [0.29, 0.717) is 71.4 Å². The van der Waals surface area contributed by atoms with Gasteiger partial charge in [0.2, 0.25) is 5.91 Å². The second-order valence-electron chi connectivity index (χ2n) is 16.0. The average Bonchev–Trinajstić information content (AvgIpc) is 3.24. The number of primary amides is 1. The average molecular weight is 834 g/mol. The molecule has 0 radical (unpaired) electrons. The molecule has 5 rings (SSSR count). The maximum absolute atomic E-state index is 11.4. The summed E-state index contributed by atoms with van der Waals surface area (Å²) in [6.45, 7) is 3.46. The molecule has 61 heavy (non-hydrogen) atoms. The third-order valence-corrected chi connectivity index (χ3v) is 10.7. The van der Waals surface area contributed by atoms with Gasteiger partial charge in [0, 0.05) is 75.9 Å². The van der Waals surface area contributed by atoms with E-state index in [0.717, 1.165) is 27.8 Å². The zero-order valence-electron chi connectivity index (χ0n) is 34.7. The second-order valence-corrected chi connectivity index (χ2v) is 16.0. The van der Waals surface area contributed by atoms with E-state index in [-0.39, 0.29) is 71.3 Å². The zero-order valence-corrected chi connectivity index (χ0v) is 34.7. The summed E-state index contributed by atoms with van der Waals surface area (Å²) in [7, 11) is 0. The number of nitrogens with two attached hydrogens (primary N) is 2. The van der Waals surface area contributed by atoms with Crippen LogP contribution < -0.4 is 38.1 Å². The molecule has 0 saturated heterocycles. The first kappa shape index (κ1) is 46.4. The lowest BCUT2D eigenvalue weighted by molar-refractivity contribution is -0.117. The van der Waals surface area contributed by atoms with Crippen LogP contribution in [0.1, 0.15) is 34.2 Å². The highest BCUT2D eigenvalue weighted by Crippen LogP contribution is 2.16. The highest BCUT2D eigenvalue weighted by Gasteiger charge is 2.20. The summed E-state index contributed by atoms with van der Waals surface area (Å²) in [5.41, 5.74) is 17.3. The summed E-state index contributed by atoms with van der Waals surface area (Å²) in [5, 5.41) is 68.1. The molecule has 0 aliphatic heterocycles. The summed E-state index contributed by atoms with van der Waals surface area (Å²) in [5.74, 6) is 0.691. The van der Waals surface area contributed by atoms with Gasteiger partial charge in [0.05, 0.1) is 0 Å². The fourth-order valence-corrected chi connectivity index (χ4v) is 7.27. The minimum Gasteiger partial charge on any atom is -0.508 e. The number of aromatic hydroxyl groups is 5. The van der Waals surface area contributed by atoms with E-state index >= 15 is 0 Å². The number of phenolic OH excluding ortho intramolecular Hbond substituents is 5. The molecule has 5 aromatic rings. The molecular weight excluding hydrogens is 771 g/mol. The van der Waals surface area contributed by atoms with Crippen LogP contribution >= 0.6 is 0 Å². The van der Waals surface area contributed by atoms with Crippen LogP contribution in [0, 0.1) is 0 Å². The molecule has 0 aliphatic carbocycles. The number of nitrogens with one attached hydrogen (secondary N) is 5. The fourth-order valence-electron chi connectivity index (χ4n) is 7.27. The Kier molecular flexibility index (Phi) is 18.7. The first-order chi connectivity index (χ1) is 29.4. The lowest BCUT2D eigenvalue weighted by atomic mass is 10.0. The number of phenols is 5. The van der Waals surface area contributed by atoms with Crippen molar-refractivity contribution in [3.05, 3.63) is 149 Å². The molecular formula is C48H63N7O6. The Morgan fingerprint density at radius 1 is 0.410 bits per heavy atom. The van der Waals surface area contributed by atoms with Gasteiger partial charge in [-0.3, -0.25) is 4.79 Å². The van der Waals surface area contributed by atoms with Gasteiger partial charge in [0.25, 0.3) is 0 Å². The lowest BCUT2D eigenvalue weighted by Crippen LogP contribution is -2.53. The zero-order chi connectivity index (χ0) is 43.4. The van der Waals surface area contributed by atoms with Gasteiger partial charge in [-0.1, -0.05) is 60.7 Å². The monoisotopic (exact) mass is 833 g/mol. The SMILES string of the molecule is NC(=O)CCNC[C@H](Cc1ccc(O)cc1)NC[C@H](Cc1ccc(O)cc1)NC[C@H](Cc1ccc(O)cc1)NC[C@H](Cc1ccc(O)cc1)NC[C@@H](N)Cc1ccc(O)cc1. The number of carbonyl (C=O) groups excluding carboxylic acids is 1.